The second kappa shape index (κ2) is 6.07. The molecular formula is C11H16FN3O. The summed E-state index contributed by atoms with van der Waals surface area (Å²) < 4.78 is 12.6. The molecule has 0 aliphatic rings. The van der Waals surface area contributed by atoms with Gasteiger partial charge in [0.15, 0.2) is 5.84 Å². The molecule has 1 atom stereocenters. The number of amidine groups is 1. The number of nitrogens with one attached hydrogen (secondary N) is 1. The van der Waals surface area contributed by atoms with Crippen LogP contribution in [0, 0.1) is 5.82 Å². The van der Waals surface area contributed by atoms with Crippen molar-refractivity contribution < 1.29 is 9.60 Å². The van der Waals surface area contributed by atoms with Gasteiger partial charge in [0.2, 0.25) is 0 Å². The minimum atomic E-state index is -0.257. The van der Waals surface area contributed by atoms with E-state index in [-0.39, 0.29) is 17.7 Å². The van der Waals surface area contributed by atoms with Crippen molar-refractivity contribution in [3.05, 3.63) is 35.6 Å². The van der Waals surface area contributed by atoms with Crippen molar-refractivity contribution >= 4 is 5.84 Å². The summed E-state index contributed by atoms with van der Waals surface area (Å²) >= 11 is 0. The van der Waals surface area contributed by atoms with Crippen LogP contribution in [-0.4, -0.2) is 17.1 Å². The zero-order valence-corrected chi connectivity index (χ0v) is 9.15. The summed E-state index contributed by atoms with van der Waals surface area (Å²) in [5, 5.41) is 14.6. The first-order valence-electron chi connectivity index (χ1n) is 5.12. The van der Waals surface area contributed by atoms with Gasteiger partial charge in [-0.2, -0.15) is 0 Å². The SMILES string of the molecule is CCC(NCc1ccc(F)cc1)C(N)=NO. The minimum Gasteiger partial charge on any atom is -0.409 e. The van der Waals surface area contributed by atoms with Crippen LogP contribution in [0.2, 0.25) is 0 Å². The molecule has 0 saturated carbocycles. The third kappa shape index (κ3) is 3.51. The van der Waals surface area contributed by atoms with Crippen LogP contribution < -0.4 is 11.1 Å². The zero-order chi connectivity index (χ0) is 12.0. The molecule has 0 heterocycles. The quantitative estimate of drug-likeness (QED) is 0.307. The number of nitrogens with two attached hydrogens (primary N) is 1. The summed E-state index contributed by atoms with van der Waals surface area (Å²) in [4.78, 5) is 0. The van der Waals surface area contributed by atoms with Gasteiger partial charge in [0.1, 0.15) is 5.82 Å². The maximum Gasteiger partial charge on any atom is 0.156 e. The molecule has 0 saturated heterocycles. The fourth-order valence-corrected chi connectivity index (χ4v) is 1.37. The van der Waals surface area contributed by atoms with Gasteiger partial charge in [-0.1, -0.05) is 24.2 Å². The normalized spacial score (nSPS) is 13.8. The molecule has 0 spiro atoms. The molecule has 0 fully saturated rings. The van der Waals surface area contributed by atoms with Gasteiger partial charge in [-0.05, 0) is 24.1 Å². The van der Waals surface area contributed by atoms with Gasteiger partial charge in [-0.3, -0.25) is 0 Å². The highest BCUT2D eigenvalue weighted by Crippen LogP contribution is 2.03. The second-order valence-corrected chi connectivity index (χ2v) is 3.49. The molecule has 0 aliphatic heterocycles. The first-order valence-corrected chi connectivity index (χ1v) is 5.12. The van der Waals surface area contributed by atoms with E-state index in [1.54, 1.807) is 12.1 Å². The largest absolute Gasteiger partial charge is 0.409 e. The summed E-state index contributed by atoms with van der Waals surface area (Å²) in [5.41, 5.74) is 6.44. The van der Waals surface area contributed by atoms with E-state index >= 15 is 0 Å². The summed E-state index contributed by atoms with van der Waals surface area (Å²) in [6.45, 7) is 2.48. The Kier molecular flexibility index (Phi) is 4.72. The van der Waals surface area contributed by atoms with Crippen LogP contribution in [0.5, 0.6) is 0 Å². The predicted octanol–water partition coefficient (Wildman–Crippen LogP) is 1.44. The first kappa shape index (κ1) is 12.4. The molecule has 4 N–H and O–H groups in total. The monoisotopic (exact) mass is 225 g/mol. The van der Waals surface area contributed by atoms with E-state index in [0.29, 0.717) is 6.54 Å². The van der Waals surface area contributed by atoms with Crippen LogP contribution in [-0.2, 0) is 6.54 Å². The molecule has 0 bridgehead atoms. The van der Waals surface area contributed by atoms with Crippen LogP contribution in [0.25, 0.3) is 0 Å². The van der Waals surface area contributed by atoms with Gasteiger partial charge in [0.25, 0.3) is 0 Å². The Morgan fingerprint density at radius 1 is 1.50 bits per heavy atom. The van der Waals surface area contributed by atoms with E-state index in [1.807, 2.05) is 6.92 Å². The Morgan fingerprint density at radius 3 is 2.62 bits per heavy atom. The lowest BCUT2D eigenvalue weighted by Crippen LogP contribution is -2.40. The van der Waals surface area contributed by atoms with Gasteiger partial charge in [0, 0.05) is 6.54 Å². The molecule has 0 amide bonds. The fourth-order valence-electron chi connectivity index (χ4n) is 1.37. The molecule has 0 radical (unpaired) electrons. The average Bonchev–Trinajstić information content (AvgIpc) is 2.31. The van der Waals surface area contributed by atoms with E-state index in [2.05, 4.69) is 10.5 Å². The number of halogens is 1. The second-order valence-electron chi connectivity index (χ2n) is 3.49. The van der Waals surface area contributed by atoms with Gasteiger partial charge < -0.3 is 16.3 Å². The highest BCUT2D eigenvalue weighted by atomic mass is 19.1. The number of benzene rings is 1. The molecule has 88 valence electrons. The highest BCUT2D eigenvalue weighted by molar-refractivity contribution is 5.85. The molecule has 5 heteroatoms. The topological polar surface area (TPSA) is 70.6 Å². The third-order valence-electron chi connectivity index (χ3n) is 2.35. The zero-order valence-electron chi connectivity index (χ0n) is 9.15. The van der Waals surface area contributed by atoms with Crippen LogP contribution in [0.4, 0.5) is 4.39 Å². The molecular weight excluding hydrogens is 209 g/mol. The van der Waals surface area contributed by atoms with Gasteiger partial charge in [0.05, 0.1) is 6.04 Å². The smallest absolute Gasteiger partial charge is 0.156 e. The van der Waals surface area contributed by atoms with Crippen LogP contribution in [0.3, 0.4) is 0 Å². The summed E-state index contributed by atoms with van der Waals surface area (Å²) in [7, 11) is 0. The molecule has 0 aliphatic carbocycles. The maximum absolute atomic E-state index is 12.6. The van der Waals surface area contributed by atoms with Crippen molar-refractivity contribution in [1.29, 1.82) is 0 Å². The molecule has 1 aromatic carbocycles. The van der Waals surface area contributed by atoms with E-state index < -0.39 is 0 Å². The summed E-state index contributed by atoms with van der Waals surface area (Å²) in [6, 6.07) is 6.03. The van der Waals surface area contributed by atoms with Crippen molar-refractivity contribution in [3.8, 4) is 0 Å². The summed E-state index contributed by atoms with van der Waals surface area (Å²) in [5.74, 6) is -0.100. The van der Waals surface area contributed by atoms with Crippen molar-refractivity contribution in [3.63, 3.8) is 0 Å². The Bertz CT molecular complexity index is 351. The molecule has 0 aromatic heterocycles. The van der Waals surface area contributed by atoms with E-state index in [9.17, 15) is 4.39 Å². The maximum atomic E-state index is 12.6. The standard InChI is InChI=1S/C11H16FN3O/c1-2-10(11(13)15-16)14-7-8-3-5-9(12)6-4-8/h3-6,10,14,16H,2,7H2,1H3,(H2,13,15). The Hall–Kier alpha value is -1.62. The van der Waals surface area contributed by atoms with Gasteiger partial charge in [-0.15, -0.1) is 0 Å². The van der Waals surface area contributed by atoms with E-state index in [4.69, 9.17) is 10.9 Å². The first-order chi connectivity index (χ1) is 7.67. The average molecular weight is 225 g/mol. The van der Waals surface area contributed by atoms with E-state index in [0.717, 1.165) is 12.0 Å². The van der Waals surface area contributed by atoms with Crippen LogP contribution in [0.1, 0.15) is 18.9 Å². The molecule has 1 unspecified atom stereocenters. The third-order valence-corrected chi connectivity index (χ3v) is 2.35. The Morgan fingerprint density at radius 2 is 2.12 bits per heavy atom. The Balaban J connectivity index is 2.53. The molecule has 16 heavy (non-hydrogen) atoms. The van der Waals surface area contributed by atoms with Crippen molar-refractivity contribution in [1.82, 2.24) is 5.32 Å². The van der Waals surface area contributed by atoms with E-state index in [1.165, 1.54) is 12.1 Å². The molecule has 4 nitrogen and oxygen atoms in total. The number of hydrogen-bond donors (Lipinski definition) is 3. The fraction of sp³-hybridized carbons (Fsp3) is 0.364. The molecule has 1 rings (SSSR count). The highest BCUT2D eigenvalue weighted by Gasteiger charge is 2.10. The molecule has 1 aromatic rings. The summed E-state index contributed by atoms with van der Waals surface area (Å²) in [6.07, 6.45) is 0.719. The predicted molar refractivity (Wildman–Crippen MR) is 60.7 cm³/mol. The lowest BCUT2D eigenvalue weighted by molar-refractivity contribution is 0.314. The number of rotatable bonds is 5. The van der Waals surface area contributed by atoms with Crippen molar-refractivity contribution in [2.24, 2.45) is 10.9 Å². The lowest BCUT2D eigenvalue weighted by Gasteiger charge is -2.15. The van der Waals surface area contributed by atoms with Crippen molar-refractivity contribution in [2.75, 3.05) is 0 Å². The number of oxime groups is 1. The van der Waals surface area contributed by atoms with Gasteiger partial charge >= 0.3 is 0 Å². The van der Waals surface area contributed by atoms with Gasteiger partial charge in [-0.25, -0.2) is 4.39 Å². The van der Waals surface area contributed by atoms with Crippen molar-refractivity contribution in [2.45, 2.75) is 25.9 Å². The van der Waals surface area contributed by atoms with Crippen LogP contribution >= 0.6 is 0 Å². The lowest BCUT2D eigenvalue weighted by atomic mass is 10.1. The minimum absolute atomic E-state index is 0.157. The van der Waals surface area contributed by atoms with Crippen LogP contribution in [0.15, 0.2) is 29.4 Å². The number of hydrogen-bond acceptors (Lipinski definition) is 3. The number of nitrogens with zero attached hydrogens (tertiary/aromatic N) is 1. The Labute approximate surface area is 94.0 Å².